The molecular formula is C20H20N4O2S2. The number of fused-ring (bicyclic) bond motifs is 1. The van der Waals surface area contributed by atoms with Gasteiger partial charge in [-0.2, -0.15) is 5.10 Å². The third-order valence-electron chi connectivity index (χ3n) is 4.70. The molecule has 0 amide bonds. The van der Waals surface area contributed by atoms with Gasteiger partial charge in [-0.15, -0.1) is 11.8 Å². The normalized spacial score (nSPS) is 12.5. The molecule has 4 aromatic rings. The molecule has 0 N–H and O–H groups in total. The lowest BCUT2D eigenvalue weighted by atomic mass is 9.98. The third-order valence-corrected chi connectivity index (χ3v) is 6.35. The predicted molar refractivity (Wildman–Crippen MR) is 114 cm³/mol. The van der Waals surface area contributed by atoms with Gasteiger partial charge in [0, 0.05) is 30.3 Å². The van der Waals surface area contributed by atoms with Crippen molar-refractivity contribution in [1.82, 2.24) is 19.3 Å². The van der Waals surface area contributed by atoms with E-state index in [9.17, 15) is 4.79 Å². The van der Waals surface area contributed by atoms with Gasteiger partial charge in [0.25, 0.3) is 0 Å². The monoisotopic (exact) mass is 412 g/mol. The highest BCUT2D eigenvalue weighted by atomic mass is 32.2. The number of rotatable bonds is 6. The molecule has 28 heavy (non-hydrogen) atoms. The molecule has 0 spiro atoms. The molecule has 0 aliphatic rings. The van der Waals surface area contributed by atoms with E-state index >= 15 is 0 Å². The molecule has 0 aliphatic heterocycles. The first-order valence-electron chi connectivity index (χ1n) is 8.79. The SMILES string of the molecule is COCn1c(=O)sc2cc(C(C)c3ccn(-c4ccc(SC)cn4)n3)ccc21. The molecule has 0 radical (unpaired) electrons. The summed E-state index contributed by atoms with van der Waals surface area (Å²) in [5.74, 6) is 0.894. The maximum atomic E-state index is 12.2. The number of hydrogen-bond acceptors (Lipinski definition) is 6. The van der Waals surface area contributed by atoms with E-state index in [4.69, 9.17) is 9.84 Å². The van der Waals surface area contributed by atoms with Crippen LogP contribution in [0.1, 0.15) is 24.1 Å². The molecule has 3 heterocycles. The van der Waals surface area contributed by atoms with Crippen molar-refractivity contribution < 1.29 is 4.74 Å². The van der Waals surface area contributed by atoms with Gasteiger partial charge in [0.15, 0.2) is 5.82 Å². The minimum absolute atomic E-state index is 0.00862. The Bertz CT molecular complexity index is 1160. The second kappa shape index (κ2) is 7.90. The molecule has 1 atom stereocenters. The first kappa shape index (κ1) is 18.9. The van der Waals surface area contributed by atoms with Crippen molar-refractivity contribution in [2.45, 2.75) is 24.5 Å². The number of hydrogen-bond donors (Lipinski definition) is 0. The molecule has 4 rings (SSSR count). The first-order chi connectivity index (χ1) is 13.6. The smallest absolute Gasteiger partial charge is 0.310 e. The molecule has 6 nitrogen and oxygen atoms in total. The average molecular weight is 413 g/mol. The zero-order chi connectivity index (χ0) is 19.7. The lowest BCUT2D eigenvalue weighted by Crippen LogP contribution is -2.13. The van der Waals surface area contributed by atoms with E-state index in [1.807, 2.05) is 42.9 Å². The highest BCUT2D eigenvalue weighted by molar-refractivity contribution is 7.98. The Morgan fingerprint density at radius 2 is 2.11 bits per heavy atom. The van der Waals surface area contributed by atoms with Crippen molar-refractivity contribution in [2.24, 2.45) is 0 Å². The lowest BCUT2D eigenvalue weighted by Gasteiger charge is -2.10. The summed E-state index contributed by atoms with van der Waals surface area (Å²) in [6.45, 7) is 2.38. The Morgan fingerprint density at radius 1 is 1.25 bits per heavy atom. The summed E-state index contributed by atoms with van der Waals surface area (Å²) in [5.41, 5.74) is 2.98. The summed E-state index contributed by atoms with van der Waals surface area (Å²) in [7, 11) is 1.59. The maximum Gasteiger partial charge on any atom is 0.310 e. The summed E-state index contributed by atoms with van der Waals surface area (Å²) in [4.78, 5) is 17.7. The molecule has 3 aromatic heterocycles. The van der Waals surface area contributed by atoms with Crippen molar-refractivity contribution in [3.8, 4) is 5.82 Å². The Hall–Kier alpha value is -2.42. The summed E-state index contributed by atoms with van der Waals surface area (Å²) < 4.78 is 9.53. The summed E-state index contributed by atoms with van der Waals surface area (Å²) in [6.07, 6.45) is 5.81. The zero-order valence-electron chi connectivity index (χ0n) is 15.8. The minimum Gasteiger partial charge on any atom is -0.364 e. The standard InChI is InChI=1S/C20H20N4O2S2/c1-13(14-4-6-17-18(10-14)28-20(25)23(17)12-26-2)16-8-9-24(22-16)19-7-5-15(27-3)11-21-19/h4-11,13H,12H2,1-3H3. The van der Waals surface area contributed by atoms with Gasteiger partial charge in [0.2, 0.25) is 0 Å². The number of thiazole rings is 1. The van der Waals surface area contributed by atoms with Crippen molar-refractivity contribution in [3.63, 3.8) is 0 Å². The zero-order valence-corrected chi connectivity index (χ0v) is 17.5. The van der Waals surface area contributed by atoms with Crippen LogP contribution in [0.3, 0.4) is 0 Å². The van der Waals surface area contributed by atoms with E-state index in [2.05, 4.69) is 24.0 Å². The Kier molecular flexibility index (Phi) is 5.34. The second-order valence-electron chi connectivity index (χ2n) is 6.40. The highest BCUT2D eigenvalue weighted by Crippen LogP contribution is 2.28. The van der Waals surface area contributed by atoms with Gasteiger partial charge in [-0.3, -0.25) is 9.36 Å². The van der Waals surface area contributed by atoms with Gasteiger partial charge in [0.1, 0.15) is 6.73 Å². The summed E-state index contributed by atoms with van der Waals surface area (Å²) >= 11 is 2.90. The van der Waals surface area contributed by atoms with E-state index in [0.717, 1.165) is 32.2 Å². The van der Waals surface area contributed by atoms with Crippen LogP contribution in [0.4, 0.5) is 0 Å². The van der Waals surface area contributed by atoms with E-state index in [-0.39, 0.29) is 17.5 Å². The quantitative estimate of drug-likeness (QED) is 0.446. The van der Waals surface area contributed by atoms with Crippen LogP contribution in [0.15, 0.2) is 58.5 Å². The van der Waals surface area contributed by atoms with E-state index < -0.39 is 0 Å². The largest absolute Gasteiger partial charge is 0.364 e. The Balaban J connectivity index is 1.63. The number of methoxy groups -OCH3 is 1. The van der Waals surface area contributed by atoms with Gasteiger partial charge < -0.3 is 4.74 Å². The minimum atomic E-state index is -0.00862. The van der Waals surface area contributed by atoms with Crippen LogP contribution in [-0.4, -0.2) is 32.7 Å². The van der Waals surface area contributed by atoms with Crippen molar-refractivity contribution in [3.05, 3.63) is 69.7 Å². The van der Waals surface area contributed by atoms with Crippen LogP contribution >= 0.6 is 23.1 Å². The third kappa shape index (κ3) is 3.50. The topological polar surface area (TPSA) is 61.9 Å². The van der Waals surface area contributed by atoms with E-state index in [1.54, 1.807) is 28.1 Å². The molecule has 0 aliphatic carbocycles. The summed E-state index contributed by atoms with van der Waals surface area (Å²) in [6, 6.07) is 12.1. The number of pyridine rings is 1. The summed E-state index contributed by atoms with van der Waals surface area (Å²) in [5, 5.41) is 4.71. The fraction of sp³-hybridized carbons (Fsp3) is 0.250. The fourth-order valence-corrected chi connectivity index (χ4v) is 4.39. The Morgan fingerprint density at radius 3 is 2.82 bits per heavy atom. The van der Waals surface area contributed by atoms with Crippen LogP contribution in [0.25, 0.3) is 16.0 Å². The number of aromatic nitrogens is 4. The molecule has 1 unspecified atom stereocenters. The van der Waals surface area contributed by atoms with Gasteiger partial charge in [-0.1, -0.05) is 24.3 Å². The first-order valence-corrected chi connectivity index (χ1v) is 10.8. The van der Waals surface area contributed by atoms with Gasteiger partial charge in [-0.25, -0.2) is 9.67 Å². The number of ether oxygens (including phenoxy) is 1. The van der Waals surface area contributed by atoms with Crippen molar-refractivity contribution >= 4 is 33.3 Å². The van der Waals surface area contributed by atoms with Crippen molar-refractivity contribution in [1.29, 1.82) is 0 Å². The van der Waals surface area contributed by atoms with Gasteiger partial charge in [-0.05, 0) is 42.2 Å². The van der Waals surface area contributed by atoms with Gasteiger partial charge in [0.05, 0.1) is 15.9 Å². The predicted octanol–water partition coefficient (Wildman–Crippen LogP) is 4.12. The molecule has 144 valence electrons. The van der Waals surface area contributed by atoms with E-state index in [1.165, 1.54) is 11.3 Å². The molecule has 1 aromatic carbocycles. The van der Waals surface area contributed by atoms with E-state index in [0.29, 0.717) is 0 Å². The molecule has 0 bridgehead atoms. The maximum absolute atomic E-state index is 12.2. The van der Waals surface area contributed by atoms with Crippen molar-refractivity contribution in [2.75, 3.05) is 13.4 Å². The van der Waals surface area contributed by atoms with Gasteiger partial charge >= 0.3 is 4.87 Å². The van der Waals surface area contributed by atoms with Crippen LogP contribution in [0.5, 0.6) is 0 Å². The average Bonchev–Trinajstić information content (AvgIpc) is 3.33. The lowest BCUT2D eigenvalue weighted by molar-refractivity contribution is 0.133. The second-order valence-corrected chi connectivity index (χ2v) is 8.28. The van der Waals surface area contributed by atoms with Crippen LogP contribution in [0, 0.1) is 0 Å². The number of nitrogens with zero attached hydrogens (tertiary/aromatic N) is 4. The molecule has 0 saturated heterocycles. The number of thioether (sulfide) groups is 1. The molecule has 0 fully saturated rings. The van der Waals surface area contributed by atoms with Crippen LogP contribution in [0.2, 0.25) is 0 Å². The number of benzene rings is 1. The fourth-order valence-electron chi connectivity index (χ4n) is 3.10. The molecular weight excluding hydrogens is 392 g/mol. The van der Waals surface area contributed by atoms with Crippen LogP contribution < -0.4 is 4.87 Å². The highest BCUT2D eigenvalue weighted by Gasteiger charge is 2.15. The molecule has 8 heteroatoms. The van der Waals surface area contributed by atoms with Crippen LogP contribution in [-0.2, 0) is 11.5 Å². The molecule has 0 saturated carbocycles. The Labute approximate surface area is 170 Å².